The molecule has 100 valence electrons. The molecule has 4 atom stereocenters. The second-order valence-electron chi connectivity index (χ2n) is 4.98. The molecule has 0 aromatic carbocycles. The van der Waals surface area contributed by atoms with Gasteiger partial charge in [0.2, 0.25) is 5.91 Å². The van der Waals surface area contributed by atoms with Gasteiger partial charge in [0.1, 0.15) is 0 Å². The second-order valence-corrected chi connectivity index (χ2v) is 4.98. The minimum absolute atomic E-state index is 0.0298. The van der Waals surface area contributed by atoms with Crippen molar-refractivity contribution in [2.24, 2.45) is 23.7 Å². The first kappa shape index (κ1) is 13.1. The maximum Gasteiger partial charge on any atom is 0.307 e. The molecule has 1 fully saturated rings. The van der Waals surface area contributed by atoms with Gasteiger partial charge in [0.25, 0.3) is 0 Å². The van der Waals surface area contributed by atoms with Crippen LogP contribution < -0.4 is 5.32 Å². The lowest BCUT2D eigenvalue weighted by Crippen LogP contribution is -2.40. The van der Waals surface area contributed by atoms with E-state index in [2.05, 4.69) is 5.32 Å². The Morgan fingerprint density at radius 3 is 2.61 bits per heavy atom. The van der Waals surface area contributed by atoms with Crippen LogP contribution in [0.1, 0.15) is 12.8 Å². The summed E-state index contributed by atoms with van der Waals surface area (Å²) in [5.41, 5.74) is 0. The highest BCUT2D eigenvalue weighted by Gasteiger charge is 2.51. The first-order valence-electron chi connectivity index (χ1n) is 6.33. The molecule has 0 heterocycles. The highest BCUT2D eigenvalue weighted by atomic mass is 16.5. The second kappa shape index (κ2) is 5.52. The van der Waals surface area contributed by atoms with Gasteiger partial charge in [-0.15, -0.1) is 0 Å². The van der Waals surface area contributed by atoms with Crippen LogP contribution in [-0.2, 0) is 14.3 Å². The number of carbonyl (C=O) groups is 2. The smallest absolute Gasteiger partial charge is 0.307 e. The highest BCUT2D eigenvalue weighted by molar-refractivity contribution is 5.86. The number of allylic oxidation sites excluding steroid dienone is 2. The molecule has 2 aliphatic carbocycles. The Kier molecular flexibility index (Phi) is 4.01. The zero-order valence-electron chi connectivity index (χ0n) is 10.5. The van der Waals surface area contributed by atoms with Crippen molar-refractivity contribution in [2.75, 3.05) is 20.3 Å². The number of hydrogen-bond acceptors (Lipinski definition) is 3. The Morgan fingerprint density at radius 2 is 2.00 bits per heavy atom. The SMILES string of the molecule is COCCCNC(=O)C1C2C=CC(C2)C1C(=O)O. The van der Waals surface area contributed by atoms with Gasteiger partial charge in [-0.25, -0.2) is 0 Å². The number of carboxylic acid groups (broad SMARTS) is 1. The molecule has 0 spiro atoms. The van der Waals surface area contributed by atoms with Gasteiger partial charge in [-0.3, -0.25) is 9.59 Å². The largest absolute Gasteiger partial charge is 0.481 e. The molecule has 1 amide bonds. The molecular formula is C13H19NO4. The first-order valence-corrected chi connectivity index (χ1v) is 6.33. The lowest BCUT2D eigenvalue weighted by Gasteiger charge is -2.23. The maximum absolute atomic E-state index is 12.1. The van der Waals surface area contributed by atoms with Gasteiger partial charge < -0.3 is 15.2 Å². The van der Waals surface area contributed by atoms with E-state index in [1.165, 1.54) is 0 Å². The third kappa shape index (κ3) is 2.41. The van der Waals surface area contributed by atoms with E-state index < -0.39 is 17.8 Å². The molecule has 2 bridgehead atoms. The highest BCUT2D eigenvalue weighted by Crippen LogP contribution is 2.48. The summed E-state index contributed by atoms with van der Waals surface area (Å²) in [6, 6.07) is 0. The summed E-state index contributed by atoms with van der Waals surface area (Å²) < 4.78 is 4.90. The molecule has 0 aromatic rings. The monoisotopic (exact) mass is 253 g/mol. The maximum atomic E-state index is 12.1. The van der Waals surface area contributed by atoms with Crippen LogP contribution in [0.4, 0.5) is 0 Å². The molecule has 2 aliphatic rings. The molecule has 2 rings (SSSR count). The third-order valence-electron chi connectivity index (χ3n) is 3.87. The number of rotatable bonds is 6. The van der Waals surface area contributed by atoms with Crippen molar-refractivity contribution in [2.45, 2.75) is 12.8 Å². The van der Waals surface area contributed by atoms with Gasteiger partial charge >= 0.3 is 5.97 Å². The molecule has 4 unspecified atom stereocenters. The number of carboxylic acids is 1. The molecule has 0 aliphatic heterocycles. The number of amides is 1. The molecule has 0 radical (unpaired) electrons. The van der Waals surface area contributed by atoms with E-state index in [0.29, 0.717) is 13.2 Å². The van der Waals surface area contributed by atoms with Crippen LogP contribution in [-0.4, -0.2) is 37.2 Å². The average molecular weight is 253 g/mol. The number of hydrogen-bond donors (Lipinski definition) is 2. The molecule has 1 saturated carbocycles. The van der Waals surface area contributed by atoms with Gasteiger partial charge in [0.05, 0.1) is 11.8 Å². The molecule has 0 aromatic heterocycles. The Bertz CT molecular complexity index is 366. The van der Waals surface area contributed by atoms with Crippen molar-refractivity contribution >= 4 is 11.9 Å². The Balaban J connectivity index is 1.92. The number of carbonyl (C=O) groups excluding carboxylic acids is 1. The average Bonchev–Trinajstić information content (AvgIpc) is 2.94. The zero-order chi connectivity index (χ0) is 13.1. The van der Waals surface area contributed by atoms with Crippen molar-refractivity contribution in [3.8, 4) is 0 Å². The minimum Gasteiger partial charge on any atom is -0.481 e. The van der Waals surface area contributed by atoms with E-state index >= 15 is 0 Å². The lowest BCUT2D eigenvalue weighted by molar-refractivity contribution is -0.147. The quantitative estimate of drug-likeness (QED) is 0.538. The number of ether oxygens (including phenoxy) is 1. The van der Waals surface area contributed by atoms with Gasteiger partial charge in [0.15, 0.2) is 0 Å². The summed E-state index contributed by atoms with van der Waals surface area (Å²) in [4.78, 5) is 23.3. The van der Waals surface area contributed by atoms with Gasteiger partial charge in [0, 0.05) is 20.3 Å². The van der Waals surface area contributed by atoms with E-state index in [4.69, 9.17) is 4.74 Å². The summed E-state index contributed by atoms with van der Waals surface area (Å²) in [6.07, 6.45) is 5.48. The van der Waals surface area contributed by atoms with E-state index in [-0.39, 0.29) is 17.7 Å². The van der Waals surface area contributed by atoms with Crippen LogP contribution in [0.2, 0.25) is 0 Å². The minimum atomic E-state index is -0.858. The molecule has 5 heteroatoms. The Labute approximate surface area is 106 Å². The summed E-state index contributed by atoms with van der Waals surface area (Å²) in [6.45, 7) is 1.13. The van der Waals surface area contributed by atoms with E-state index in [9.17, 15) is 14.7 Å². The van der Waals surface area contributed by atoms with Crippen LogP contribution in [0.15, 0.2) is 12.2 Å². The molecule has 5 nitrogen and oxygen atoms in total. The third-order valence-corrected chi connectivity index (χ3v) is 3.87. The summed E-state index contributed by atoms with van der Waals surface area (Å²) >= 11 is 0. The van der Waals surface area contributed by atoms with E-state index in [1.807, 2.05) is 12.2 Å². The van der Waals surface area contributed by atoms with Crippen molar-refractivity contribution in [3.05, 3.63) is 12.2 Å². The van der Waals surface area contributed by atoms with Crippen LogP contribution in [0.3, 0.4) is 0 Å². The van der Waals surface area contributed by atoms with Gasteiger partial charge in [-0.05, 0) is 24.7 Å². The fourth-order valence-electron chi connectivity index (χ4n) is 3.06. The number of nitrogens with one attached hydrogen (secondary N) is 1. The molecule has 18 heavy (non-hydrogen) atoms. The predicted octanol–water partition coefficient (Wildman–Crippen LogP) is 0.662. The summed E-state index contributed by atoms with van der Waals surface area (Å²) in [7, 11) is 1.61. The summed E-state index contributed by atoms with van der Waals surface area (Å²) in [5.74, 6) is -1.82. The number of fused-ring (bicyclic) bond motifs is 2. The van der Waals surface area contributed by atoms with Gasteiger partial charge in [-0.1, -0.05) is 12.2 Å². The number of methoxy groups -OCH3 is 1. The Hall–Kier alpha value is -1.36. The fourth-order valence-corrected chi connectivity index (χ4v) is 3.06. The standard InChI is InChI=1S/C13H19NO4/c1-18-6-2-5-14-12(15)10-8-3-4-9(7-8)11(10)13(16)17/h3-4,8-11H,2,5-7H2,1H3,(H,14,15)(H,16,17). The predicted molar refractivity (Wildman–Crippen MR) is 64.9 cm³/mol. The van der Waals surface area contributed by atoms with Crippen LogP contribution in [0.25, 0.3) is 0 Å². The van der Waals surface area contributed by atoms with Crippen molar-refractivity contribution in [1.82, 2.24) is 5.32 Å². The van der Waals surface area contributed by atoms with Crippen molar-refractivity contribution in [1.29, 1.82) is 0 Å². The lowest BCUT2D eigenvalue weighted by atomic mass is 9.82. The van der Waals surface area contributed by atoms with Crippen LogP contribution >= 0.6 is 0 Å². The molecule has 2 N–H and O–H groups in total. The molecule has 0 saturated heterocycles. The van der Waals surface area contributed by atoms with Crippen molar-refractivity contribution in [3.63, 3.8) is 0 Å². The van der Waals surface area contributed by atoms with Crippen LogP contribution in [0.5, 0.6) is 0 Å². The van der Waals surface area contributed by atoms with E-state index in [1.54, 1.807) is 7.11 Å². The Morgan fingerprint density at radius 1 is 1.33 bits per heavy atom. The summed E-state index contributed by atoms with van der Waals surface area (Å²) in [5, 5.41) is 12.0. The first-order chi connectivity index (χ1) is 8.65. The van der Waals surface area contributed by atoms with Crippen molar-refractivity contribution < 1.29 is 19.4 Å². The van der Waals surface area contributed by atoms with Crippen LogP contribution in [0, 0.1) is 23.7 Å². The molecular weight excluding hydrogens is 234 g/mol. The normalized spacial score (nSPS) is 32.7. The number of aliphatic carboxylic acids is 1. The van der Waals surface area contributed by atoms with Gasteiger partial charge in [-0.2, -0.15) is 0 Å². The van der Waals surface area contributed by atoms with E-state index in [0.717, 1.165) is 12.8 Å². The fraction of sp³-hybridized carbons (Fsp3) is 0.692. The topological polar surface area (TPSA) is 75.6 Å². The zero-order valence-corrected chi connectivity index (χ0v) is 10.5.